The lowest BCUT2D eigenvalue weighted by Gasteiger charge is -2.04. The Hall–Kier alpha value is -2.61. The fourth-order valence-corrected chi connectivity index (χ4v) is 1.05. The highest BCUT2D eigenvalue weighted by Gasteiger charge is 2.07. The van der Waals surface area contributed by atoms with Crippen LogP contribution in [0.4, 0.5) is 0 Å². The third-order valence-electron chi connectivity index (χ3n) is 1.97. The first-order valence-corrected chi connectivity index (χ1v) is 5.24. The Balaban J connectivity index is 2.54. The van der Waals surface area contributed by atoms with Crippen LogP contribution in [0.25, 0.3) is 0 Å². The maximum absolute atomic E-state index is 11.6. The van der Waals surface area contributed by atoms with E-state index in [1.54, 1.807) is 30.3 Å². The van der Waals surface area contributed by atoms with Gasteiger partial charge in [0.25, 0.3) is 0 Å². The summed E-state index contributed by atoms with van der Waals surface area (Å²) in [6, 6.07) is 10.3. The monoisotopic (exact) mass is 244 g/mol. The van der Waals surface area contributed by atoms with Crippen LogP contribution in [-0.2, 0) is 9.59 Å². The molecule has 5 heteroatoms. The average molecular weight is 244 g/mol. The van der Waals surface area contributed by atoms with Crippen LogP contribution in [0.5, 0.6) is 5.75 Å². The standard InChI is InChI=1S/C13H12N2O3/c1-10(9-15-12(16)7-8-14)13(17)18-11-5-3-2-4-6-11/h2-6,9H,7H2,1H3,(H,15,16). The molecule has 92 valence electrons. The summed E-state index contributed by atoms with van der Waals surface area (Å²) in [4.78, 5) is 22.6. The molecular weight excluding hydrogens is 232 g/mol. The van der Waals surface area contributed by atoms with E-state index in [1.165, 1.54) is 13.1 Å². The van der Waals surface area contributed by atoms with E-state index in [1.807, 2.05) is 6.07 Å². The predicted molar refractivity (Wildman–Crippen MR) is 64.2 cm³/mol. The molecule has 1 rings (SSSR count). The van der Waals surface area contributed by atoms with Gasteiger partial charge < -0.3 is 10.1 Å². The maximum Gasteiger partial charge on any atom is 0.340 e. The number of carbonyl (C=O) groups excluding carboxylic acids is 2. The van der Waals surface area contributed by atoms with Crippen molar-refractivity contribution in [3.63, 3.8) is 0 Å². The first-order valence-electron chi connectivity index (χ1n) is 5.24. The Morgan fingerprint density at radius 3 is 2.67 bits per heavy atom. The number of nitrogens with one attached hydrogen (secondary N) is 1. The van der Waals surface area contributed by atoms with Gasteiger partial charge in [-0.1, -0.05) is 18.2 Å². The van der Waals surface area contributed by atoms with Crippen LogP contribution in [0.3, 0.4) is 0 Å². The Kier molecular flexibility index (Phi) is 5.13. The molecule has 1 N–H and O–H groups in total. The lowest BCUT2D eigenvalue weighted by molar-refractivity contribution is -0.130. The second-order valence-corrected chi connectivity index (χ2v) is 3.43. The highest BCUT2D eigenvalue weighted by Crippen LogP contribution is 2.10. The van der Waals surface area contributed by atoms with Crippen molar-refractivity contribution >= 4 is 11.9 Å². The molecule has 1 aromatic rings. The first-order chi connectivity index (χ1) is 8.63. The van der Waals surface area contributed by atoms with Crippen LogP contribution in [-0.4, -0.2) is 11.9 Å². The van der Waals surface area contributed by atoms with E-state index in [-0.39, 0.29) is 12.0 Å². The molecule has 0 saturated heterocycles. The van der Waals surface area contributed by atoms with Crippen LogP contribution in [0, 0.1) is 11.3 Å². The predicted octanol–water partition coefficient (Wildman–Crippen LogP) is 1.53. The molecular formula is C13H12N2O3. The van der Waals surface area contributed by atoms with Crippen molar-refractivity contribution in [3.8, 4) is 11.8 Å². The maximum atomic E-state index is 11.6. The van der Waals surface area contributed by atoms with Crippen molar-refractivity contribution < 1.29 is 14.3 Å². The van der Waals surface area contributed by atoms with E-state index >= 15 is 0 Å². The molecule has 0 bridgehead atoms. The Morgan fingerprint density at radius 2 is 2.06 bits per heavy atom. The fraction of sp³-hybridized carbons (Fsp3) is 0.154. The Morgan fingerprint density at radius 1 is 1.39 bits per heavy atom. The summed E-state index contributed by atoms with van der Waals surface area (Å²) in [5, 5.41) is 10.6. The number of nitrogens with zero attached hydrogens (tertiary/aromatic N) is 1. The van der Waals surface area contributed by atoms with Gasteiger partial charge in [-0.05, 0) is 19.1 Å². The molecule has 0 atom stereocenters. The molecule has 0 aliphatic carbocycles. The molecule has 0 fully saturated rings. The van der Waals surface area contributed by atoms with Gasteiger partial charge in [0.05, 0.1) is 11.6 Å². The van der Waals surface area contributed by atoms with E-state index in [0.29, 0.717) is 5.75 Å². The van der Waals surface area contributed by atoms with Crippen molar-refractivity contribution in [3.05, 3.63) is 42.1 Å². The van der Waals surface area contributed by atoms with Crippen LogP contribution >= 0.6 is 0 Å². The number of esters is 1. The van der Waals surface area contributed by atoms with Gasteiger partial charge in [-0.25, -0.2) is 4.79 Å². The van der Waals surface area contributed by atoms with Crippen molar-refractivity contribution in [1.29, 1.82) is 5.26 Å². The summed E-state index contributed by atoms with van der Waals surface area (Å²) in [6.45, 7) is 1.51. The molecule has 0 saturated carbocycles. The first kappa shape index (κ1) is 13.5. The zero-order valence-corrected chi connectivity index (χ0v) is 9.84. The number of para-hydroxylation sites is 1. The highest BCUT2D eigenvalue weighted by atomic mass is 16.5. The fourth-order valence-electron chi connectivity index (χ4n) is 1.05. The van der Waals surface area contributed by atoms with Gasteiger partial charge in [0.15, 0.2) is 0 Å². The molecule has 0 heterocycles. The molecule has 0 radical (unpaired) electrons. The zero-order valence-electron chi connectivity index (χ0n) is 9.84. The lowest BCUT2D eigenvalue weighted by Crippen LogP contribution is -2.19. The topological polar surface area (TPSA) is 79.2 Å². The summed E-state index contributed by atoms with van der Waals surface area (Å²) in [5.41, 5.74) is 0.241. The van der Waals surface area contributed by atoms with E-state index < -0.39 is 11.9 Å². The summed E-state index contributed by atoms with van der Waals surface area (Å²) in [6.07, 6.45) is 0.975. The van der Waals surface area contributed by atoms with E-state index in [0.717, 1.165) is 0 Å². The zero-order chi connectivity index (χ0) is 13.4. The number of ether oxygens (including phenoxy) is 1. The molecule has 5 nitrogen and oxygen atoms in total. The summed E-state index contributed by atoms with van der Waals surface area (Å²) >= 11 is 0. The third kappa shape index (κ3) is 4.49. The van der Waals surface area contributed by atoms with Crippen molar-refractivity contribution in [2.24, 2.45) is 0 Å². The number of amides is 1. The van der Waals surface area contributed by atoms with E-state index in [2.05, 4.69) is 5.32 Å². The minimum atomic E-state index is -0.557. The van der Waals surface area contributed by atoms with Gasteiger partial charge in [-0.15, -0.1) is 0 Å². The van der Waals surface area contributed by atoms with Gasteiger partial charge in [0.1, 0.15) is 12.2 Å². The second kappa shape index (κ2) is 6.86. The normalized spacial score (nSPS) is 10.3. The quantitative estimate of drug-likeness (QED) is 0.495. The minimum absolute atomic E-state index is 0.241. The third-order valence-corrected chi connectivity index (χ3v) is 1.97. The minimum Gasteiger partial charge on any atom is -0.423 e. The van der Waals surface area contributed by atoms with Gasteiger partial charge in [-0.2, -0.15) is 5.26 Å². The van der Waals surface area contributed by atoms with Gasteiger partial charge in [0, 0.05) is 6.20 Å². The number of carbonyl (C=O) groups is 2. The van der Waals surface area contributed by atoms with Gasteiger partial charge >= 0.3 is 5.97 Å². The largest absolute Gasteiger partial charge is 0.423 e. The highest BCUT2D eigenvalue weighted by molar-refractivity contribution is 5.90. The number of benzene rings is 1. The number of rotatable bonds is 4. The smallest absolute Gasteiger partial charge is 0.340 e. The van der Waals surface area contributed by atoms with Crippen LogP contribution < -0.4 is 10.1 Å². The van der Waals surface area contributed by atoms with Crippen LogP contribution in [0.1, 0.15) is 13.3 Å². The average Bonchev–Trinajstić information content (AvgIpc) is 2.37. The van der Waals surface area contributed by atoms with Crippen LogP contribution in [0.15, 0.2) is 42.1 Å². The van der Waals surface area contributed by atoms with Crippen molar-refractivity contribution in [2.45, 2.75) is 13.3 Å². The summed E-state index contributed by atoms with van der Waals surface area (Å²) < 4.78 is 5.04. The second-order valence-electron chi connectivity index (χ2n) is 3.43. The van der Waals surface area contributed by atoms with Crippen molar-refractivity contribution in [2.75, 3.05) is 0 Å². The number of hydrogen-bond acceptors (Lipinski definition) is 4. The van der Waals surface area contributed by atoms with E-state index in [9.17, 15) is 9.59 Å². The Labute approximate surface area is 105 Å². The lowest BCUT2D eigenvalue weighted by atomic mass is 10.3. The van der Waals surface area contributed by atoms with Gasteiger partial charge in [-0.3, -0.25) is 4.79 Å². The van der Waals surface area contributed by atoms with Gasteiger partial charge in [0.2, 0.25) is 5.91 Å². The van der Waals surface area contributed by atoms with Crippen LogP contribution in [0.2, 0.25) is 0 Å². The molecule has 1 aromatic carbocycles. The molecule has 0 aliphatic heterocycles. The van der Waals surface area contributed by atoms with Crippen molar-refractivity contribution in [1.82, 2.24) is 5.32 Å². The molecule has 1 amide bonds. The molecule has 0 unspecified atom stereocenters. The molecule has 0 spiro atoms. The number of hydrogen-bond donors (Lipinski definition) is 1. The molecule has 0 aromatic heterocycles. The summed E-state index contributed by atoms with van der Waals surface area (Å²) in [5.74, 6) is -0.596. The number of nitriles is 1. The molecule has 0 aliphatic rings. The van der Waals surface area contributed by atoms with E-state index in [4.69, 9.17) is 10.00 Å². The molecule has 18 heavy (non-hydrogen) atoms. The summed E-state index contributed by atoms with van der Waals surface area (Å²) in [7, 11) is 0. The SMILES string of the molecule is CC(=CNC(=O)CC#N)C(=O)Oc1ccccc1. The Bertz CT molecular complexity index is 501.